The fourth-order valence-corrected chi connectivity index (χ4v) is 3.85. The van der Waals surface area contributed by atoms with Gasteiger partial charge in [-0.25, -0.2) is 13.6 Å². The highest BCUT2D eigenvalue weighted by molar-refractivity contribution is 7.99. The van der Waals surface area contributed by atoms with E-state index in [1.165, 1.54) is 11.8 Å². The van der Waals surface area contributed by atoms with Gasteiger partial charge in [0.1, 0.15) is 23.0 Å². The number of thioether (sulfide) groups is 1. The van der Waals surface area contributed by atoms with E-state index < -0.39 is 34.6 Å². The molecule has 2 atom stereocenters. The van der Waals surface area contributed by atoms with Crippen LogP contribution in [-0.2, 0) is 9.53 Å². The summed E-state index contributed by atoms with van der Waals surface area (Å²) in [4.78, 5) is 24.0. The van der Waals surface area contributed by atoms with Crippen molar-refractivity contribution in [2.24, 2.45) is 0 Å². The van der Waals surface area contributed by atoms with Gasteiger partial charge in [0.25, 0.3) is 0 Å². The molecule has 0 radical (unpaired) electrons. The van der Waals surface area contributed by atoms with Crippen molar-refractivity contribution in [2.45, 2.75) is 50.5 Å². The number of carbonyl (C=O) groups excluding carboxylic acids is 2. The van der Waals surface area contributed by atoms with E-state index in [1.54, 1.807) is 20.8 Å². The van der Waals surface area contributed by atoms with E-state index in [1.807, 2.05) is 0 Å². The van der Waals surface area contributed by atoms with Crippen molar-refractivity contribution >= 4 is 23.6 Å². The Kier molecular flexibility index (Phi) is 5.85. The molecule has 0 bridgehead atoms. The largest absolute Gasteiger partial charge is 0.444 e. The van der Waals surface area contributed by atoms with Crippen LogP contribution in [-0.4, -0.2) is 29.3 Å². The zero-order valence-electron chi connectivity index (χ0n) is 13.9. The van der Waals surface area contributed by atoms with Crippen molar-refractivity contribution in [2.75, 3.05) is 5.75 Å². The summed E-state index contributed by atoms with van der Waals surface area (Å²) in [6, 6.07) is 2.56. The summed E-state index contributed by atoms with van der Waals surface area (Å²) in [6.07, 6.45) is -0.276. The number of alkyl carbamates (subject to hydrolysis) is 1. The second-order valence-electron chi connectivity index (χ2n) is 6.70. The minimum atomic E-state index is -0.689. The molecule has 1 aromatic carbocycles. The second kappa shape index (κ2) is 7.51. The minimum absolute atomic E-state index is 0.0251. The summed E-state index contributed by atoms with van der Waals surface area (Å²) >= 11 is 1.33. The molecule has 7 heteroatoms. The SMILES string of the molecule is CC(C)(C)OC(=O)NC1CC(=O)CCS[C@@H]1c1cc(F)ccc1F. The van der Waals surface area contributed by atoms with Crippen molar-refractivity contribution in [1.29, 1.82) is 0 Å². The number of nitrogens with one attached hydrogen (secondary N) is 1. The molecule has 1 heterocycles. The van der Waals surface area contributed by atoms with E-state index in [2.05, 4.69) is 5.32 Å². The third-order valence-electron chi connectivity index (χ3n) is 3.46. The number of halogens is 2. The average Bonchev–Trinajstić information content (AvgIpc) is 2.61. The first kappa shape index (κ1) is 18.7. The summed E-state index contributed by atoms with van der Waals surface area (Å²) in [5, 5.41) is 2.09. The maximum Gasteiger partial charge on any atom is 0.407 e. The molecule has 2 rings (SSSR count). The van der Waals surface area contributed by atoms with Gasteiger partial charge in [-0.1, -0.05) is 0 Å². The number of Topliss-reactive ketones (excluding diaryl/α,β-unsaturated/α-hetero) is 1. The molecule has 0 aliphatic carbocycles. The Morgan fingerprint density at radius 3 is 2.71 bits per heavy atom. The number of rotatable bonds is 2. The van der Waals surface area contributed by atoms with Crippen LogP contribution in [0.2, 0.25) is 0 Å². The molecule has 1 amide bonds. The monoisotopic (exact) mass is 357 g/mol. The highest BCUT2D eigenvalue weighted by Crippen LogP contribution is 2.38. The van der Waals surface area contributed by atoms with Gasteiger partial charge in [-0.3, -0.25) is 4.79 Å². The lowest BCUT2D eigenvalue weighted by Gasteiger charge is -2.27. The summed E-state index contributed by atoms with van der Waals surface area (Å²) in [6.45, 7) is 5.18. The highest BCUT2D eigenvalue weighted by Gasteiger charge is 2.33. The third-order valence-corrected chi connectivity index (χ3v) is 4.84. The van der Waals surface area contributed by atoms with Gasteiger partial charge in [0.2, 0.25) is 0 Å². The van der Waals surface area contributed by atoms with Crippen molar-refractivity contribution in [1.82, 2.24) is 5.32 Å². The summed E-state index contributed by atoms with van der Waals surface area (Å²) in [5.41, 5.74) is -0.540. The van der Waals surface area contributed by atoms with Crippen molar-refractivity contribution in [3.63, 3.8) is 0 Å². The molecule has 1 fully saturated rings. The van der Waals surface area contributed by atoms with Crippen LogP contribution >= 0.6 is 11.8 Å². The number of hydrogen-bond acceptors (Lipinski definition) is 4. The number of ketones is 1. The molecule has 1 aromatic rings. The molecule has 132 valence electrons. The fraction of sp³-hybridized carbons (Fsp3) is 0.529. The predicted molar refractivity (Wildman–Crippen MR) is 89.0 cm³/mol. The lowest BCUT2D eigenvalue weighted by Crippen LogP contribution is -2.42. The number of benzene rings is 1. The molecule has 0 saturated carbocycles. The molecule has 0 aromatic heterocycles. The topological polar surface area (TPSA) is 55.4 Å². The van der Waals surface area contributed by atoms with Crippen molar-refractivity contribution in [3.05, 3.63) is 35.4 Å². The van der Waals surface area contributed by atoms with Crippen LogP contribution in [0.1, 0.15) is 44.4 Å². The van der Waals surface area contributed by atoms with Crippen LogP contribution in [0.25, 0.3) is 0 Å². The molecule has 1 N–H and O–H groups in total. The molecule has 24 heavy (non-hydrogen) atoms. The number of ether oxygens (including phenoxy) is 1. The standard InChI is InChI=1S/C17H21F2NO3S/c1-17(2,3)23-16(22)20-14-9-11(21)6-7-24-15(14)12-8-10(18)4-5-13(12)19/h4-5,8,14-15H,6-7,9H2,1-3H3,(H,20,22)/t14?,15-/m1/s1. The molecule has 1 unspecified atom stereocenters. The zero-order valence-corrected chi connectivity index (χ0v) is 14.7. The Morgan fingerprint density at radius 2 is 2.04 bits per heavy atom. The van der Waals surface area contributed by atoms with Gasteiger partial charge in [-0.2, -0.15) is 11.8 Å². The quantitative estimate of drug-likeness (QED) is 0.869. The van der Waals surface area contributed by atoms with Gasteiger partial charge in [0.05, 0.1) is 11.3 Å². The van der Waals surface area contributed by atoms with E-state index >= 15 is 0 Å². The van der Waals surface area contributed by atoms with Crippen molar-refractivity contribution in [3.8, 4) is 0 Å². The highest BCUT2D eigenvalue weighted by atomic mass is 32.2. The van der Waals surface area contributed by atoms with Gasteiger partial charge < -0.3 is 10.1 Å². The summed E-state index contributed by atoms with van der Waals surface area (Å²) in [7, 11) is 0. The number of carbonyl (C=O) groups is 2. The Morgan fingerprint density at radius 1 is 1.33 bits per heavy atom. The average molecular weight is 357 g/mol. The molecular formula is C17H21F2NO3S. The fourth-order valence-electron chi connectivity index (χ4n) is 2.50. The van der Waals surface area contributed by atoms with E-state index in [4.69, 9.17) is 4.74 Å². The lowest BCUT2D eigenvalue weighted by atomic mass is 9.99. The Bertz CT molecular complexity index is 631. The molecule has 1 aliphatic heterocycles. The van der Waals surface area contributed by atoms with Gasteiger partial charge in [-0.05, 0) is 39.0 Å². The second-order valence-corrected chi connectivity index (χ2v) is 7.95. The first-order valence-electron chi connectivity index (χ1n) is 7.73. The van der Waals surface area contributed by atoms with Crippen LogP contribution < -0.4 is 5.32 Å². The molecule has 1 saturated heterocycles. The molecule has 4 nitrogen and oxygen atoms in total. The Balaban J connectivity index is 2.26. The molecule has 1 aliphatic rings. The predicted octanol–water partition coefficient (Wildman–Crippen LogP) is 4.00. The van der Waals surface area contributed by atoms with E-state index in [0.717, 1.165) is 18.2 Å². The maximum absolute atomic E-state index is 14.2. The van der Waals surface area contributed by atoms with Crippen LogP contribution in [0.4, 0.5) is 13.6 Å². The van der Waals surface area contributed by atoms with E-state index in [-0.39, 0.29) is 17.8 Å². The van der Waals surface area contributed by atoms with Gasteiger partial charge >= 0.3 is 6.09 Å². The minimum Gasteiger partial charge on any atom is -0.444 e. The lowest BCUT2D eigenvalue weighted by molar-refractivity contribution is -0.119. The first-order valence-corrected chi connectivity index (χ1v) is 8.78. The van der Waals surface area contributed by atoms with E-state index in [9.17, 15) is 18.4 Å². The first-order chi connectivity index (χ1) is 11.2. The van der Waals surface area contributed by atoms with E-state index in [0.29, 0.717) is 12.2 Å². The van der Waals surface area contributed by atoms with Crippen LogP contribution in [0.15, 0.2) is 18.2 Å². The summed E-state index contributed by atoms with van der Waals surface area (Å²) in [5.74, 6) is -0.646. The Hall–Kier alpha value is -1.63. The van der Waals surface area contributed by atoms with Gasteiger partial charge in [-0.15, -0.1) is 0 Å². The number of amides is 1. The van der Waals surface area contributed by atoms with Crippen LogP contribution in [0.3, 0.4) is 0 Å². The normalized spacial score (nSPS) is 22.0. The smallest absolute Gasteiger partial charge is 0.407 e. The third kappa shape index (κ3) is 5.19. The molecule has 0 spiro atoms. The van der Waals surface area contributed by atoms with Crippen molar-refractivity contribution < 1.29 is 23.1 Å². The number of hydrogen-bond donors (Lipinski definition) is 1. The summed E-state index contributed by atoms with van der Waals surface area (Å²) < 4.78 is 32.9. The Labute approximate surface area is 144 Å². The van der Waals surface area contributed by atoms with Crippen LogP contribution in [0, 0.1) is 11.6 Å². The zero-order chi connectivity index (χ0) is 17.9. The van der Waals surface area contributed by atoms with Gasteiger partial charge in [0, 0.05) is 24.2 Å². The maximum atomic E-state index is 14.2. The van der Waals surface area contributed by atoms with Gasteiger partial charge in [0.15, 0.2) is 0 Å². The van der Waals surface area contributed by atoms with Crippen LogP contribution in [0.5, 0.6) is 0 Å². The molecular weight excluding hydrogens is 336 g/mol.